The van der Waals surface area contributed by atoms with Crippen LogP contribution in [0.2, 0.25) is 0 Å². The van der Waals surface area contributed by atoms with Crippen molar-refractivity contribution in [2.45, 2.75) is 12.6 Å². The second kappa shape index (κ2) is 6.09. The standard InChI is InChI=1S/C21H19O3P/c1-15(16-11-13-17(23-2)14-12-16)25(22)21-10-6-4-8-19(21)18-7-3-5-9-20(18)24-25/h3-15H,1-2H3. The van der Waals surface area contributed by atoms with E-state index in [0.29, 0.717) is 5.75 Å². The summed E-state index contributed by atoms with van der Waals surface area (Å²) in [4.78, 5) is 0. The first-order chi connectivity index (χ1) is 12.1. The number of hydrogen-bond donors (Lipinski definition) is 0. The van der Waals surface area contributed by atoms with Crippen molar-refractivity contribution < 1.29 is 13.8 Å². The fourth-order valence-corrected chi connectivity index (χ4v) is 5.82. The Bertz CT molecular complexity index is 963. The molecule has 126 valence electrons. The molecule has 1 aliphatic heterocycles. The molecule has 2 atom stereocenters. The molecule has 0 radical (unpaired) electrons. The lowest BCUT2D eigenvalue weighted by atomic mass is 10.0. The third-order valence-corrected chi connectivity index (χ3v) is 7.61. The van der Waals surface area contributed by atoms with Crippen molar-refractivity contribution in [1.29, 1.82) is 0 Å². The molecule has 0 N–H and O–H groups in total. The van der Waals surface area contributed by atoms with E-state index in [1.807, 2.05) is 79.7 Å². The summed E-state index contributed by atoms with van der Waals surface area (Å²) in [5, 5.41) is 0.789. The van der Waals surface area contributed by atoms with E-state index in [1.54, 1.807) is 7.11 Å². The predicted octanol–water partition coefficient (Wildman–Crippen LogP) is 5.42. The Balaban J connectivity index is 1.85. The summed E-state index contributed by atoms with van der Waals surface area (Å²) in [5.41, 5.74) is 2.70. The second-order valence-corrected chi connectivity index (χ2v) is 8.78. The van der Waals surface area contributed by atoms with Crippen molar-refractivity contribution in [2.75, 3.05) is 7.11 Å². The fraction of sp³-hybridized carbons (Fsp3) is 0.143. The lowest BCUT2D eigenvalue weighted by molar-refractivity contribution is 0.414. The molecule has 0 saturated carbocycles. The van der Waals surface area contributed by atoms with Gasteiger partial charge in [-0.2, -0.15) is 0 Å². The maximum absolute atomic E-state index is 14.0. The third kappa shape index (κ3) is 2.56. The van der Waals surface area contributed by atoms with Crippen LogP contribution in [0.1, 0.15) is 18.1 Å². The van der Waals surface area contributed by atoms with E-state index in [0.717, 1.165) is 27.7 Å². The van der Waals surface area contributed by atoms with Gasteiger partial charge in [-0.05, 0) is 42.3 Å². The summed E-state index contributed by atoms with van der Waals surface area (Å²) < 4.78 is 25.4. The summed E-state index contributed by atoms with van der Waals surface area (Å²) in [6.07, 6.45) is 0. The zero-order chi connectivity index (χ0) is 17.4. The summed E-state index contributed by atoms with van der Waals surface area (Å²) in [6, 6.07) is 23.3. The van der Waals surface area contributed by atoms with Crippen LogP contribution in [0.5, 0.6) is 11.5 Å². The van der Waals surface area contributed by atoms with E-state index in [1.165, 1.54) is 0 Å². The van der Waals surface area contributed by atoms with Gasteiger partial charge in [0.25, 0.3) is 7.37 Å². The first-order valence-corrected chi connectivity index (χ1v) is 9.95. The van der Waals surface area contributed by atoms with Gasteiger partial charge in [-0.1, -0.05) is 48.5 Å². The van der Waals surface area contributed by atoms with Crippen LogP contribution in [-0.4, -0.2) is 7.11 Å². The second-order valence-electron chi connectivity index (χ2n) is 6.15. The van der Waals surface area contributed by atoms with Crippen molar-refractivity contribution >= 4 is 12.7 Å². The van der Waals surface area contributed by atoms with Crippen molar-refractivity contribution in [1.82, 2.24) is 0 Å². The fourth-order valence-electron chi connectivity index (χ4n) is 3.30. The normalized spacial score (nSPS) is 19.3. The number of methoxy groups -OCH3 is 1. The van der Waals surface area contributed by atoms with E-state index >= 15 is 0 Å². The Labute approximate surface area is 147 Å². The number of benzene rings is 3. The van der Waals surface area contributed by atoms with Crippen LogP contribution in [0.4, 0.5) is 0 Å². The highest BCUT2D eigenvalue weighted by Gasteiger charge is 2.41. The number of para-hydroxylation sites is 1. The summed E-state index contributed by atoms with van der Waals surface area (Å²) in [6.45, 7) is 1.97. The Hall–Kier alpha value is -2.51. The molecule has 2 unspecified atom stereocenters. The van der Waals surface area contributed by atoms with Crippen LogP contribution in [0.25, 0.3) is 11.1 Å². The van der Waals surface area contributed by atoms with E-state index < -0.39 is 7.37 Å². The first-order valence-electron chi connectivity index (χ1n) is 8.26. The Morgan fingerprint density at radius 1 is 0.880 bits per heavy atom. The molecule has 4 heteroatoms. The van der Waals surface area contributed by atoms with Crippen molar-refractivity contribution in [3.05, 3.63) is 78.4 Å². The van der Waals surface area contributed by atoms with Gasteiger partial charge in [0.15, 0.2) is 0 Å². The van der Waals surface area contributed by atoms with Gasteiger partial charge >= 0.3 is 0 Å². The molecule has 0 aliphatic carbocycles. The van der Waals surface area contributed by atoms with Gasteiger partial charge in [0.2, 0.25) is 0 Å². The maximum Gasteiger partial charge on any atom is 0.284 e. The molecular weight excluding hydrogens is 331 g/mol. The minimum atomic E-state index is -3.11. The highest BCUT2D eigenvalue weighted by molar-refractivity contribution is 7.68. The van der Waals surface area contributed by atoms with Crippen LogP contribution >= 0.6 is 7.37 Å². The Morgan fingerprint density at radius 2 is 1.52 bits per heavy atom. The molecule has 0 saturated heterocycles. The van der Waals surface area contributed by atoms with Gasteiger partial charge in [0.05, 0.1) is 18.1 Å². The summed E-state index contributed by atoms with van der Waals surface area (Å²) in [5.74, 6) is 1.47. The molecule has 1 heterocycles. The number of hydrogen-bond acceptors (Lipinski definition) is 3. The van der Waals surface area contributed by atoms with Crippen LogP contribution < -0.4 is 14.6 Å². The van der Waals surface area contributed by atoms with Crippen LogP contribution in [0.3, 0.4) is 0 Å². The van der Waals surface area contributed by atoms with Crippen LogP contribution in [0.15, 0.2) is 72.8 Å². The first kappa shape index (κ1) is 16.0. The SMILES string of the molecule is COc1ccc(C(C)P2(=O)Oc3ccccc3-c3ccccc32)cc1. The Kier molecular flexibility index (Phi) is 3.89. The average Bonchev–Trinajstić information content (AvgIpc) is 2.68. The molecule has 0 fully saturated rings. The lowest BCUT2D eigenvalue weighted by Crippen LogP contribution is -2.21. The van der Waals surface area contributed by atoms with E-state index in [2.05, 4.69) is 0 Å². The minimum absolute atomic E-state index is 0.257. The van der Waals surface area contributed by atoms with E-state index in [-0.39, 0.29) is 5.66 Å². The zero-order valence-corrected chi connectivity index (χ0v) is 15.1. The summed E-state index contributed by atoms with van der Waals surface area (Å²) >= 11 is 0. The van der Waals surface area contributed by atoms with Crippen molar-refractivity contribution in [3.63, 3.8) is 0 Å². The molecule has 4 rings (SSSR count). The number of ether oxygens (including phenoxy) is 1. The molecular formula is C21H19O3P. The quantitative estimate of drug-likeness (QED) is 0.592. The van der Waals surface area contributed by atoms with Crippen LogP contribution in [0, 0.1) is 0 Å². The van der Waals surface area contributed by atoms with Gasteiger partial charge in [-0.15, -0.1) is 0 Å². The van der Waals surface area contributed by atoms with Gasteiger partial charge in [0.1, 0.15) is 11.5 Å². The van der Waals surface area contributed by atoms with E-state index in [9.17, 15) is 4.57 Å². The number of fused-ring (bicyclic) bond motifs is 3. The smallest absolute Gasteiger partial charge is 0.284 e. The highest BCUT2D eigenvalue weighted by Crippen LogP contribution is 2.63. The molecule has 0 amide bonds. The van der Waals surface area contributed by atoms with Crippen molar-refractivity contribution in [2.24, 2.45) is 0 Å². The zero-order valence-electron chi connectivity index (χ0n) is 14.2. The molecule has 0 bridgehead atoms. The van der Waals surface area contributed by atoms with E-state index in [4.69, 9.17) is 9.26 Å². The predicted molar refractivity (Wildman–Crippen MR) is 101 cm³/mol. The van der Waals surface area contributed by atoms with Gasteiger partial charge in [0, 0.05) is 5.56 Å². The topological polar surface area (TPSA) is 35.5 Å². The van der Waals surface area contributed by atoms with Gasteiger partial charge in [-0.25, -0.2) is 0 Å². The lowest BCUT2D eigenvalue weighted by Gasteiger charge is -2.32. The van der Waals surface area contributed by atoms with Gasteiger partial charge in [-0.3, -0.25) is 4.57 Å². The third-order valence-electron chi connectivity index (χ3n) is 4.76. The molecule has 25 heavy (non-hydrogen) atoms. The molecule has 0 spiro atoms. The molecule has 3 aromatic rings. The van der Waals surface area contributed by atoms with Gasteiger partial charge < -0.3 is 9.26 Å². The average molecular weight is 350 g/mol. The maximum atomic E-state index is 14.0. The Morgan fingerprint density at radius 3 is 2.24 bits per heavy atom. The molecule has 3 nitrogen and oxygen atoms in total. The highest BCUT2D eigenvalue weighted by atomic mass is 31.2. The molecule has 1 aliphatic rings. The van der Waals surface area contributed by atoms with Crippen LogP contribution in [-0.2, 0) is 4.57 Å². The molecule has 3 aromatic carbocycles. The largest absolute Gasteiger partial charge is 0.497 e. The van der Waals surface area contributed by atoms with Crippen molar-refractivity contribution in [3.8, 4) is 22.6 Å². The molecule has 0 aromatic heterocycles. The number of rotatable bonds is 3. The summed E-state index contributed by atoms with van der Waals surface area (Å²) in [7, 11) is -1.48. The minimum Gasteiger partial charge on any atom is -0.497 e. The monoisotopic (exact) mass is 350 g/mol.